The van der Waals surface area contributed by atoms with Gasteiger partial charge in [0.2, 0.25) is 0 Å². The summed E-state index contributed by atoms with van der Waals surface area (Å²) < 4.78 is 0. The van der Waals surface area contributed by atoms with Gasteiger partial charge in [0, 0.05) is 6.04 Å². The minimum absolute atomic E-state index is 0.241. The van der Waals surface area contributed by atoms with Crippen LogP contribution in [0, 0.1) is 5.41 Å². The molecule has 1 aliphatic heterocycles. The van der Waals surface area contributed by atoms with Crippen LogP contribution < -0.4 is 0 Å². The zero-order chi connectivity index (χ0) is 11.8. The van der Waals surface area contributed by atoms with Gasteiger partial charge < -0.3 is 5.11 Å². The molecule has 0 radical (unpaired) electrons. The highest BCUT2D eigenvalue weighted by Gasteiger charge is 2.47. The van der Waals surface area contributed by atoms with Crippen LogP contribution in [0.5, 0.6) is 0 Å². The zero-order valence-electron chi connectivity index (χ0n) is 10.4. The smallest absolute Gasteiger partial charge is 0.320 e. The largest absolute Gasteiger partial charge is 0.480 e. The first-order valence-corrected chi connectivity index (χ1v) is 6.53. The minimum Gasteiger partial charge on any atom is -0.480 e. The molecular weight excluding hydrogens is 202 g/mol. The fourth-order valence-electron chi connectivity index (χ4n) is 2.87. The highest BCUT2D eigenvalue weighted by molar-refractivity contribution is 5.73. The van der Waals surface area contributed by atoms with Crippen molar-refractivity contribution < 1.29 is 9.90 Å². The molecule has 2 atom stereocenters. The second kappa shape index (κ2) is 4.36. The molecule has 3 heteroatoms. The molecule has 2 aliphatic rings. The van der Waals surface area contributed by atoms with Crippen molar-refractivity contribution in [2.75, 3.05) is 6.54 Å². The van der Waals surface area contributed by atoms with E-state index in [0.29, 0.717) is 11.5 Å². The maximum atomic E-state index is 11.3. The summed E-state index contributed by atoms with van der Waals surface area (Å²) in [6, 6.07) is 0.182. The van der Waals surface area contributed by atoms with Gasteiger partial charge in [-0.1, -0.05) is 19.8 Å². The minimum atomic E-state index is -0.627. The summed E-state index contributed by atoms with van der Waals surface area (Å²) in [5.41, 5.74) is 0.387. The Labute approximate surface area is 97.8 Å². The average Bonchev–Trinajstić information content (AvgIpc) is 3.00. The Morgan fingerprint density at radius 1 is 1.38 bits per heavy atom. The zero-order valence-corrected chi connectivity index (χ0v) is 10.4. The van der Waals surface area contributed by atoms with Crippen molar-refractivity contribution in [3.63, 3.8) is 0 Å². The second-order valence-corrected chi connectivity index (χ2v) is 5.77. The van der Waals surface area contributed by atoms with Gasteiger partial charge in [0.1, 0.15) is 6.04 Å². The van der Waals surface area contributed by atoms with E-state index in [1.807, 2.05) is 0 Å². The molecule has 16 heavy (non-hydrogen) atoms. The fraction of sp³-hybridized carbons (Fsp3) is 0.923. The molecule has 1 N–H and O–H groups in total. The molecule has 92 valence electrons. The molecule has 0 aromatic rings. The Balaban J connectivity index is 2.10. The average molecular weight is 225 g/mol. The Kier molecular flexibility index (Phi) is 3.24. The molecule has 0 aromatic carbocycles. The number of hydrogen-bond donors (Lipinski definition) is 1. The molecule has 1 aliphatic carbocycles. The molecule has 3 nitrogen and oxygen atoms in total. The molecule has 0 bridgehead atoms. The summed E-state index contributed by atoms with van der Waals surface area (Å²) in [5, 5.41) is 9.33. The van der Waals surface area contributed by atoms with E-state index in [0.717, 1.165) is 25.8 Å². The molecule has 0 amide bonds. The number of carboxylic acid groups (broad SMARTS) is 1. The Hall–Kier alpha value is -0.570. The van der Waals surface area contributed by atoms with E-state index in [9.17, 15) is 9.90 Å². The predicted octanol–water partition coefficient (Wildman–Crippen LogP) is 2.50. The molecular formula is C13H23NO2. The lowest BCUT2D eigenvalue weighted by Crippen LogP contribution is -2.48. The number of nitrogens with zero attached hydrogens (tertiary/aromatic N) is 1. The summed E-state index contributed by atoms with van der Waals surface area (Å²) >= 11 is 0. The lowest BCUT2D eigenvalue weighted by Gasteiger charge is -2.36. The predicted molar refractivity (Wildman–Crippen MR) is 63.4 cm³/mol. The van der Waals surface area contributed by atoms with Gasteiger partial charge in [0.05, 0.1) is 0 Å². The van der Waals surface area contributed by atoms with Gasteiger partial charge in [0.15, 0.2) is 0 Å². The van der Waals surface area contributed by atoms with Crippen molar-refractivity contribution in [1.29, 1.82) is 0 Å². The van der Waals surface area contributed by atoms with Crippen molar-refractivity contribution in [3.8, 4) is 0 Å². The van der Waals surface area contributed by atoms with E-state index < -0.39 is 5.97 Å². The van der Waals surface area contributed by atoms with E-state index in [4.69, 9.17) is 0 Å². The molecule has 1 heterocycles. The second-order valence-electron chi connectivity index (χ2n) is 5.77. The first kappa shape index (κ1) is 11.9. The third kappa shape index (κ3) is 2.24. The first-order valence-electron chi connectivity index (χ1n) is 6.53. The van der Waals surface area contributed by atoms with Gasteiger partial charge in [0.25, 0.3) is 0 Å². The summed E-state index contributed by atoms with van der Waals surface area (Å²) in [5.74, 6) is -0.627. The van der Waals surface area contributed by atoms with Gasteiger partial charge in [-0.3, -0.25) is 9.69 Å². The van der Waals surface area contributed by atoms with Crippen LogP contribution in [0.1, 0.15) is 52.4 Å². The SMILES string of the molecule is CC(N1CCCCCC1C(=O)O)C1(C)CC1. The Bertz CT molecular complexity index is 273. The summed E-state index contributed by atoms with van der Waals surface area (Å²) in [4.78, 5) is 13.6. The number of aliphatic carboxylic acids is 1. The van der Waals surface area contributed by atoms with Crippen LogP contribution in [0.25, 0.3) is 0 Å². The Morgan fingerprint density at radius 3 is 2.62 bits per heavy atom. The highest BCUT2D eigenvalue weighted by Crippen LogP contribution is 2.50. The lowest BCUT2D eigenvalue weighted by molar-refractivity contribution is -0.144. The van der Waals surface area contributed by atoms with E-state index in [2.05, 4.69) is 18.7 Å². The van der Waals surface area contributed by atoms with Gasteiger partial charge in [-0.05, 0) is 44.6 Å². The third-order valence-electron chi connectivity index (χ3n) is 4.62. The van der Waals surface area contributed by atoms with Crippen molar-refractivity contribution in [2.24, 2.45) is 5.41 Å². The van der Waals surface area contributed by atoms with Crippen LogP contribution in [-0.4, -0.2) is 34.6 Å². The van der Waals surface area contributed by atoms with Crippen LogP contribution >= 0.6 is 0 Å². The summed E-state index contributed by atoms with van der Waals surface area (Å²) in [6.07, 6.45) is 6.76. The number of carboxylic acids is 1. The van der Waals surface area contributed by atoms with Crippen molar-refractivity contribution >= 4 is 5.97 Å². The van der Waals surface area contributed by atoms with E-state index >= 15 is 0 Å². The van der Waals surface area contributed by atoms with Crippen LogP contribution in [0.4, 0.5) is 0 Å². The highest BCUT2D eigenvalue weighted by atomic mass is 16.4. The molecule has 1 saturated heterocycles. The maximum absolute atomic E-state index is 11.3. The Morgan fingerprint density at radius 2 is 2.06 bits per heavy atom. The van der Waals surface area contributed by atoms with Crippen molar-refractivity contribution in [1.82, 2.24) is 4.90 Å². The number of carbonyl (C=O) groups is 1. The van der Waals surface area contributed by atoms with Crippen LogP contribution in [0.3, 0.4) is 0 Å². The molecule has 0 aromatic heterocycles. The number of hydrogen-bond acceptors (Lipinski definition) is 2. The molecule has 2 rings (SSSR count). The molecule has 1 saturated carbocycles. The van der Waals surface area contributed by atoms with Gasteiger partial charge in [-0.15, -0.1) is 0 Å². The normalized spacial score (nSPS) is 31.8. The quantitative estimate of drug-likeness (QED) is 0.802. The van der Waals surface area contributed by atoms with E-state index in [1.54, 1.807) is 0 Å². The lowest BCUT2D eigenvalue weighted by atomic mass is 9.97. The first-order chi connectivity index (χ1) is 7.54. The van der Waals surface area contributed by atoms with Crippen LogP contribution in [0.2, 0.25) is 0 Å². The number of rotatable bonds is 3. The van der Waals surface area contributed by atoms with Gasteiger partial charge in [-0.2, -0.15) is 0 Å². The molecule has 2 fully saturated rings. The van der Waals surface area contributed by atoms with Gasteiger partial charge >= 0.3 is 5.97 Å². The van der Waals surface area contributed by atoms with Crippen LogP contribution in [0.15, 0.2) is 0 Å². The van der Waals surface area contributed by atoms with Crippen molar-refractivity contribution in [3.05, 3.63) is 0 Å². The van der Waals surface area contributed by atoms with E-state index in [-0.39, 0.29) is 6.04 Å². The topological polar surface area (TPSA) is 40.5 Å². The molecule has 0 spiro atoms. The monoisotopic (exact) mass is 225 g/mol. The van der Waals surface area contributed by atoms with Crippen LogP contribution in [-0.2, 0) is 4.79 Å². The maximum Gasteiger partial charge on any atom is 0.320 e. The molecule has 2 unspecified atom stereocenters. The number of likely N-dealkylation sites (tertiary alicyclic amines) is 1. The summed E-state index contributed by atoms with van der Waals surface area (Å²) in [7, 11) is 0. The summed E-state index contributed by atoms with van der Waals surface area (Å²) in [6.45, 7) is 5.48. The fourth-order valence-corrected chi connectivity index (χ4v) is 2.87. The third-order valence-corrected chi connectivity index (χ3v) is 4.62. The standard InChI is InChI=1S/C13H23NO2/c1-10(13(2)7-8-13)14-9-5-3-4-6-11(14)12(15)16/h10-11H,3-9H2,1-2H3,(H,15,16). The van der Waals surface area contributed by atoms with Gasteiger partial charge in [-0.25, -0.2) is 0 Å². The van der Waals surface area contributed by atoms with E-state index in [1.165, 1.54) is 19.3 Å². The van der Waals surface area contributed by atoms with Crippen molar-refractivity contribution in [2.45, 2.75) is 64.5 Å².